The van der Waals surface area contributed by atoms with Crippen LogP contribution in [0.3, 0.4) is 0 Å². The summed E-state index contributed by atoms with van der Waals surface area (Å²) in [7, 11) is 0. The predicted molar refractivity (Wildman–Crippen MR) is 101 cm³/mol. The Bertz CT molecular complexity index is 352. The van der Waals surface area contributed by atoms with E-state index in [0.717, 1.165) is 19.5 Å². The number of aliphatic hydroxyl groups excluding tert-OH is 1. The lowest BCUT2D eigenvalue weighted by Gasteiger charge is -2.39. The van der Waals surface area contributed by atoms with E-state index in [1.165, 1.54) is 57.8 Å². The van der Waals surface area contributed by atoms with Crippen LogP contribution in [0.5, 0.6) is 0 Å². The Morgan fingerprint density at radius 3 is 2.35 bits per heavy atom. The van der Waals surface area contributed by atoms with Crippen molar-refractivity contribution in [1.82, 2.24) is 0 Å². The molecule has 134 valence electrons. The first-order valence-corrected chi connectivity index (χ1v) is 9.88. The summed E-state index contributed by atoms with van der Waals surface area (Å²) >= 11 is 0. The summed E-state index contributed by atoms with van der Waals surface area (Å²) in [6.45, 7) is 8.13. The standard InChI is InChI=1S/C20H39N2O/c1-4-6-7-8-9-10-11-12-13-14-15-16-20-21-17-18-22(20,5-2)19(3)23/h14-15,17,19-20,23H,4-13,16,18H2,1-3H3/q+1/b15-14+. The Hall–Kier alpha value is -0.670. The van der Waals surface area contributed by atoms with Crippen LogP contribution in [0.2, 0.25) is 0 Å². The lowest BCUT2D eigenvalue weighted by Crippen LogP contribution is -2.57. The summed E-state index contributed by atoms with van der Waals surface area (Å²) in [4.78, 5) is 4.60. The average Bonchev–Trinajstić information content (AvgIpc) is 2.97. The summed E-state index contributed by atoms with van der Waals surface area (Å²) in [5, 5.41) is 10.1. The molecule has 0 aromatic rings. The highest BCUT2D eigenvalue weighted by atomic mass is 16.3. The Morgan fingerprint density at radius 2 is 1.74 bits per heavy atom. The van der Waals surface area contributed by atoms with Gasteiger partial charge >= 0.3 is 0 Å². The number of nitrogens with zero attached hydrogens (tertiary/aromatic N) is 2. The lowest BCUT2D eigenvalue weighted by atomic mass is 10.1. The highest BCUT2D eigenvalue weighted by Crippen LogP contribution is 2.25. The zero-order chi connectivity index (χ0) is 17.0. The number of hydrogen-bond donors (Lipinski definition) is 1. The zero-order valence-electron chi connectivity index (χ0n) is 15.7. The van der Waals surface area contributed by atoms with E-state index in [2.05, 4.69) is 31.0 Å². The number of aliphatic imine (C=N–C) groups is 1. The van der Waals surface area contributed by atoms with Crippen molar-refractivity contribution in [2.45, 2.75) is 97.4 Å². The first-order chi connectivity index (χ1) is 11.2. The van der Waals surface area contributed by atoms with Gasteiger partial charge in [0.05, 0.1) is 12.8 Å². The number of rotatable bonds is 13. The second-order valence-electron chi connectivity index (χ2n) is 7.02. The van der Waals surface area contributed by atoms with Crippen molar-refractivity contribution in [1.29, 1.82) is 0 Å². The molecule has 1 aliphatic rings. The minimum atomic E-state index is -0.339. The van der Waals surface area contributed by atoms with Crippen molar-refractivity contribution < 1.29 is 9.59 Å². The van der Waals surface area contributed by atoms with Crippen molar-refractivity contribution in [3.05, 3.63) is 12.2 Å². The Balaban J connectivity index is 2.11. The Labute approximate surface area is 144 Å². The smallest absolute Gasteiger partial charge is 0.189 e. The van der Waals surface area contributed by atoms with E-state index < -0.39 is 0 Å². The average molecular weight is 324 g/mol. The maximum atomic E-state index is 10.1. The van der Waals surface area contributed by atoms with Crippen molar-refractivity contribution in [3.63, 3.8) is 0 Å². The SMILES string of the molecule is CCCCCCCCCC/C=C/CC1N=CC[N+]1(CC)C(C)O. The van der Waals surface area contributed by atoms with Crippen LogP contribution >= 0.6 is 0 Å². The number of unbranched alkanes of at least 4 members (excludes halogenated alkanes) is 8. The van der Waals surface area contributed by atoms with Gasteiger partial charge in [-0.05, 0) is 19.8 Å². The van der Waals surface area contributed by atoms with Crippen LogP contribution in [-0.2, 0) is 0 Å². The van der Waals surface area contributed by atoms with E-state index in [1.54, 1.807) is 0 Å². The molecule has 1 heterocycles. The summed E-state index contributed by atoms with van der Waals surface area (Å²) in [5.41, 5.74) is 0. The van der Waals surface area contributed by atoms with E-state index in [-0.39, 0.29) is 12.4 Å². The van der Waals surface area contributed by atoms with Gasteiger partial charge in [-0.15, -0.1) is 0 Å². The van der Waals surface area contributed by atoms with Crippen LogP contribution in [0.1, 0.15) is 85.0 Å². The molecule has 1 aliphatic heterocycles. The van der Waals surface area contributed by atoms with Crippen LogP contribution in [0.4, 0.5) is 0 Å². The van der Waals surface area contributed by atoms with Gasteiger partial charge in [-0.25, -0.2) is 4.99 Å². The number of quaternary nitrogens is 1. The van der Waals surface area contributed by atoms with E-state index in [0.29, 0.717) is 4.48 Å². The number of allylic oxidation sites excluding steroid dienone is 1. The number of hydrogen-bond acceptors (Lipinski definition) is 2. The van der Waals surface area contributed by atoms with Crippen LogP contribution in [0.25, 0.3) is 0 Å². The lowest BCUT2D eigenvalue weighted by molar-refractivity contribution is -0.976. The van der Waals surface area contributed by atoms with Crippen LogP contribution in [0, 0.1) is 0 Å². The third-order valence-corrected chi connectivity index (χ3v) is 5.36. The molecule has 3 unspecified atom stereocenters. The molecule has 3 heteroatoms. The molecule has 0 saturated heterocycles. The van der Waals surface area contributed by atoms with E-state index in [9.17, 15) is 5.11 Å². The fourth-order valence-corrected chi connectivity index (χ4v) is 3.58. The quantitative estimate of drug-likeness (QED) is 0.287. The zero-order valence-corrected chi connectivity index (χ0v) is 15.7. The minimum absolute atomic E-state index is 0.204. The van der Waals surface area contributed by atoms with E-state index in [1.807, 2.05) is 13.1 Å². The maximum absolute atomic E-state index is 10.1. The third-order valence-electron chi connectivity index (χ3n) is 5.36. The highest BCUT2D eigenvalue weighted by molar-refractivity contribution is 5.60. The van der Waals surface area contributed by atoms with Gasteiger partial charge in [0, 0.05) is 13.3 Å². The van der Waals surface area contributed by atoms with Crippen molar-refractivity contribution >= 4 is 6.21 Å². The molecule has 0 amide bonds. The van der Waals surface area contributed by atoms with Crippen LogP contribution in [0.15, 0.2) is 17.1 Å². The normalized spacial score (nSPS) is 25.5. The van der Waals surface area contributed by atoms with Crippen molar-refractivity contribution in [3.8, 4) is 0 Å². The molecule has 0 radical (unpaired) electrons. The third kappa shape index (κ3) is 6.76. The molecule has 3 atom stereocenters. The van der Waals surface area contributed by atoms with Gasteiger partial charge in [0.1, 0.15) is 6.54 Å². The summed E-state index contributed by atoms with van der Waals surface area (Å²) in [6.07, 6.45) is 19.6. The monoisotopic (exact) mass is 323 g/mol. The second-order valence-corrected chi connectivity index (χ2v) is 7.02. The fraction of sp³-hybridized carbons (Fsp3) is 0.850. The molecule has 3 nitrogen and oxygen atoms in total. The second kappa shape index (κ2) is 11.8. The van der Waals surface area contributed by atoms with Gasteiger partial charge in [-0.2, -0.15) is 0 Å². The highest BCUT2D eigenvalue weighted by Gasteiger charge is 2.41. The van der Waals surface area contributed by atoms with Crippen molar-refractivity contribution in [2.24, 2.45) is 4.99 Å². The summed E-state index contributed by atoms with van der Waals surface area (Å²) < 4.78 is 0.697. The van der Waals surface area contributed by atoms with Gasteiger partial charge in [0.15, 0.2) is 12.4 Å². The topological polar surface area (TPSA) is 32.6 Å². The van der Waals surface area contributed by atoms with Gasteiger partial charge < -0.3 is 5.11 Å². The van der Waals surface area contributed by atoms with Crippen molar-refractivity contribution in [2.75, 3.05) is 13.1 Å². The van der Waals surface area contributed by atoms with Crippen LogP contribution < -0.4 is 0 Å². The van der Waals surface area contributed by atoms with Crippen LogP contribution in [-0.4, -0.2) is 41.3 Å². The molecule has 23 heavy (non-hydrogen) atoms. The molecule has 0 spiro atoms. The van der Waals surface area contributed by atoms with Gasteiger partial charge in [0.2, 0.25) is 0 Å². The molecule has 0 fully saturated rings. The van der Waals surface area contributed by atoms with Gasteiger partial charge in [-0.3, -0.25) is 4.48 Å². The molecule has 1 N–H and O–H groups in total. The molecule has 0 bridgehead atoms. The largest absolute Gasteiger partial charge is 0.345 e. The maximum Gasteiger partial charge on any atom is 0.189 e. The predicted octanol–water partition coefficient (Wildman–Crippen LogP) is 5.05. The summed E-state index contributed by atoms with van der Waals surface area (Å²) in [5.74, 6) is 0. The Morgan fingerprint density at radius 1 is 1.09 bits per heavy atom. The minimum Gasteiger partial charge on any atom is -0.345 e. The van der Waals surface area contributed by atoms with E-state index >= 15 is 0 Å². The van der Waals surface area contributed by atoms with E-state index in [4.69, 9.17) is 0 Å². The molecule has 0 saturated carbocycles. The molecule has 1 rings (SSSR count). The molecule has 0 aromatic carbocycles. The van der Waals surface area contributed by atoms with Gasteiger partial charge in [0.25, 0.3) is 0 Å². The number of aliphatic hydroxyl groups is 1. The summed E-state index contributed by atoms with van der Waals surface area (Å²) in [6, 6.07) is 0. The van der Waals surface area contributed by atoms with Gasteiger partial charge in [-0.1, -0.05) is 64.0 Å². The molecular weight excluding hydrogens is 284 g/mol. The first kappa shape index (κ1) is 20.4. The Kier molecular flexibility index (Phi) is 10.5. The molecule has 0 aromatic heterocycles. The first-order valence-electron chi connectivity index (χ1n) is 9.88. The molecular formula is C20H39N2O+. The fourth-order valence-electron chi connectivity index (χ4n) is 3.58. The molecule has 0 aliphatic carbocycles.